The van der Waals surface area contributed by atoms with Gasteiger partial charge in [-0.25, -0.2) is 0 Å². The number of aromatic nitrogens is 1. The van der Waals surface area contributed by atoms with Crippen molar-refractivity contribution in [1.29, 1.82) is 0 Å². The summed E-state index contributed by atoms with van der Waals surface area (Å²) in [7, 11) is 0. The number of rotatable bonds is 9. The number of hydrogen-bond donors (Lipinski definition) is 2. The number of Topliss-reactive ketones (excluding diaryl/α,β-unsaturated/α-hetero) is 1. The Labute approximate surface area is 206 Å². The van der Waals surface area contributed by atoms with Gasteiger partial charge in [-0.3, -0.25) is 9.78 Å². The maximum absolute atomic E-state index is 13.4. The van der Waals surface area contributed by atoms with E-state index in [9.17, 15) is 18.7 Å². The highest BCUT2D eigenvalue weighted by Crippen LogP contribution is 2.52. The molecule has 2 aromatic carbocycles. The van der Waals surface area contributed by atoms with E-state index in [4.69, 9.17) is 14.8 Å². The first-order valence-corrected chi connectivity index (χ1v) is 11.6. The van der Waals surface area contributed by atoms with Gasteiger partial charge in [0, 0.05) is 17.7 Å². The first kappa shape index (κ1) is 24.1. The van der Waals surface area contributed by atoms with Crippen LogP contribution >= 0.6 is 0 Å². The summed E-state index contributed by atoms with van der Waals surface area (Å²) < 4.78 is 41.3. The summed E-state index contributed by atoms with van der Waals surface area (Å²) in [5, 5.41) is 18.3. The second-order valence-corrected chi connectivity index (χ2v) is 9.15. The Morgan fingerprint density at radius 1 is 1.08 bits per heavy atom. The van der Waals surface area contributed by atoms with Crippen LogP contribution in [0.25, 0.3) is 11.3 Å². The number of aliphatic hydroxyl groups excluding tert-OH is 2. The molecule has 7 nitrogen and oxygen atoms in total. The van der Waals surface area contributed by atoms with Gasteiger partial charge in [0.1, 0.15) is 24.2 Å². The van der Waals surface area contributed by atoms with E-state index in [1.54, 1.807) is 18.2 Å². The smallest absolute Gasteiger partial charge is 0.491 e. The van der Waals surface area contributed by atoms with Gasteiger partial charge in [0.2, 0.25) is 0 Å². The van der Waals surface area contributed by atoms with Gasteiger partial charge in [0.25, 0.3) is 0 Å². The number of aryl methyl sites for hydroxylation is 1. The van der Waals surface area contributed by atoms with E-state index in [-0.39, 0.29) is 36.9 Å². The highest BCUT2D eigenvalue weighted by molar-refractivity contribution is 5.94. The van der Waals surface area contributed by atoms with Crippen molar-refractivity contribution < 1.29 is 38.0 Å². The van der Waals surface area contributed by atoms with Crippen LogP contribution < -0.4 is 14.2 Å². The number of fused-ring (bicyclic) bond motifs is 1. The van der Waals surface area contributed by atoms with Crippen molar-refractivity contribution in [3.8, 4) is 28.5 Å². The molecule has 2 aliphatic rings. The predicted molar refractivity (Wildman–Crippen MR) is 125 cm³/mol. The van der Waals surface area contributed by atoms with Crippen molar-refractivity contribution in [2.75, 3.05) is 13.2 Å². The summed E-state index contributed by atoms with van der Waals surface area (Å²) >= 11 is 0. The Kier molecular flexibility index (Phi) is 6.13. The number of halogens is 2. The fourth-order valence-corrected chi connectivity index (χ4v) is 4.35. The van der Waals surface area contributed by atoms with Crippen LogP contribution in [0.4, 0.5) is 8.78 Å². The topological polar surface area (TPSA) is 98.1 Å². The number of aliphatic hydroxyl groups is 2. The Balaban J connectivity index is 1.31. The highest BCUT2D eigenvalue weighted by Gasteiger charge is 2.52. The van der Waals surface area contributed by atoms with Crippen molar-refractivity contribution in [3.05, 3.63) is 71.4 Å². The van der Waals surface area contributed by atoms with Gasteiger partial charge >= 0.3 is 6.29 Å². The SMILES string of the molecule is Cc1ccc(CC(=O)C2(c3ccc4c(c3)OC(F)(F)O4)CC2)nc1-c1ccc(OC[C@@H](O)CO)cc1. The predicted octanol–water partition coefficient (Wildman–Crippen LogP) is 3.95. The lowest BCUT2D eigenvalue weighted by Crippen LogP contribution is -2.26. The molecule has 1 aliphatic carbocycles. The van der Waals surface area contributed by atoms with Gasteiger partial charge in [0.05, 0.1) is 17.7 Å². The van der Waals surface area contributed by atoms with Crippen molar-refractivity contribution in [1.82, 2.24) is 4.98 Å². The fourth-order valence-electron chi connectivity index (χ4n) is 4.35. The molecule has 1 aromatic heterocycles. The van der Waals surface area contributed by atoms with Crippen molar-refractivity contribution in [2.45, 2.75) is 44.0 Å². The maximum Gasteiger partial charge on any atom is 0.586 e. The molecule has 0 unspecified atom stereocenters. The Bertz CT molecular complexity index is 1290. The summed E-state index contributed by atoms with van der Waals surface area (Å²) in [6.07, 6.45) is -3.27. The fraction of sp³-hybridized carbons (Fsp3) is 0.333. The lowest BCUT2D eigenvalue weighted by molar-refractivity contribution is -0.286. The largest absolute Gasteiger partial charge is 0.586 e. The Morgan fingerprint density at radius 2 is 1.81 bits per heavy atom. The van der Waals surface area contributed by atoms with E-state index in [1.165, 1.54) is 12.1 Å². The first-order chi connectivity index (χ1) is 17.2. The van der Waals surface area contributed by atoms with Crippen LogP contribution in [0.2, 0.25) is 0 Å². The van der Waals surface area contributed by atoms with E-state index in [0.29, 0.717) is 29.8 Å². The molecule has 9 heteroatoms. The van der Waals surface area contributed by atoms with Crippen LogP contribution in [0.3, 0.4) is 0 Å². The first-order valence-electron chi connectivity index (χ1n) is 11.6. The van der Waals surface area contributed by atoms with Crippen LogP contribution in [0.1, 0.15) is 29.7 Å². The summed E-state index contributed by atoms with van der Waals surface area (Å²) in [4.78, 5) is 18.1. The molecule has 36 heavy (non-hydrogen) atoms. The van der Waals surface area contributed by atoms with Crippen LogP contribution in [0.15, 0.2) is 54.6 Å². The number of alkyl halides is 2. The standard InChI is InChI=1S/C27H25F2NO6/c1-16-2-6-19(30-25(16)17-3-7-21(8-4-17)34-15-20(32)14-31)13-24(33)26(10-11-26)18-5-9-22-23(12-18)36-27(28,29)35-22/h2-9,12,20,31-32H,10-11,13-15H2,1H3/t20-/m0/s1. The van der Waals surface area contributed by atoms with Crippen LogP contribution in [0, 0.1) is 6.92 Å². The van der Waals surface area contributed by atoms with Gasteiger partial charge in [-0.05, 0) is 73.4 Å². The normalized spacial score (nSPS) is 17.5. The molecule has 1 aliphatic heterocycles. The lowest BCUT2D eigenvalue weighted by Gasteiger charge is -2.16. The number of benzene rings is 2. The minimum Gasteiger partial charge on any atom is -0.491 e. The van der Waals surface area contributed by atoms with E-state index in [1.807, 2.05) is 31.2 Å². The molecule has 1 fully saturated rings. The lowest BCUT2D eigenvalue weighted by atomic mass is 9.88. The molecule has 0 bridgehead atoms. The number of carbonyl (C=O) groups is 1. The summed E-state index contributed by atoms with van der Waals surface area (Å²) in [6, 6.07) is 15.4. The zero-order chi connectivity index (χ0) is 25.5. The molecule has 5 rings (SSSR count). The highest BCUT2D eigenvalue weighted by atomic mass is 19.3. The third kappa shape index (κ3) is 4.76. The van der Waals surface area contributed by atoms with E-state index < -0.39 is 17.8 Å². The van der Waals surface area contributed by atoms with Gasteiger partial charge < -0.3 is 24.4 Å². The molecule has 1 atom stereocenters. The molecular weight excluding hydrogens is 472 g/mol. The minimum absolute atomic E-state index is 0.0156. The summed E-state index contributed by atoms with van der Waals surface area (Å²) in [6.45, 7) is 1.54. The van der Waals surface area contributed by atoms with E-state index >= 15 is 0 Å². The zero-order valence-electron chi connectivity index (χ0n) is 19.5. The molecule has 0 saturated heterocycles. The number of ketones is 1. The third-order valence-corrected chi connectivity index (χ3v) is 6.51. The molecule has 3 aromatic rings. The van der Waals surface area contributed by atoms with E-state index in [0.717, 1.165) is 16.8 Å². The Hall–Kier alpha value is -3.56. The second kappa shape index (κ2) is 9.15. The van der Waals surface area contributed by atoms with Crippen LogP contribution in [-0.2, 0) is 16.6 Å². The maximum atomic E-state index is 13.4. The summed E-state index contributed by atoms with van der Waals surface area (Å²) in [5.41, 5.74) is 3.04. The van der Waals surface area contributed by atoms with Gasteiger partial charge in [-0.2, -0.15) is 0 Å². The number of nitrogens with zero attached hydrogens (tertiary/aromatic N) is 1. The van der Waals surface area contributed by atoms with Gasteiger partial charge in [-0.1, -0.05) is 12.1 Å². The molecule has 2 heterocycles. The van der Waals surface area contributed by atoms with Crippen molar-refractivity contribution in [3.63, 3.8) is 0 Å². The van der Waals surface area contributed by atoms with Gasteiger partial charge in [0.15, 0.2) is 11.5 Å². The average Bonchev–Trinajstić information content (AvgIpc) is 3.61. The molecule has 188 valence electrons. The van der Waals surface area contributed by atoms with E-state index in [2.05, 4.69) is 9.47 Å². The molecule has 0 amide bonds. The number of pyridine rings is 1. The molecular formula is C27H25F2NO6. The third-order valence-electron chi connectivity index (χ3n) is 6.51. The molecule has 1 saturated carbocycles. The number of hydrogen-bond acceptors (Lipinski definition) is 7. The Morgan fingerprint density at radius 3 is 2.50 bits per heavy atom. The molecule has 2 N–H and O–H groups in total. The zero-order valence-corrected chi connectivity index (χ0v) is 19.5. The van der Waals surface area contributed by atoms with Crippen LogP contribution in [-0.4, -0.2) is 46.6 Å². The number of ether oxygens (including phenoxy) is 3. The quantitative estimate of drug-likeness (QED) is 0.462. The van der Waals surface area contributed by atoms with Crippen LogP contribution in [0.5, 0.6) is 17.2 Å². The molecule has 0 spiro atoms. The van der Waals surface area contributed by atoms with Crippen molar-refractivity contribution in [2.24, 2.45) is 0 Å². The monoisotopic (exact) mass is 497 g/mol. The molecule has 0 radical (unpaired) electrons. The minimum atomic E-state index is -3.70. The van der Waals surface area contributed by atoms with Gasteiger partial charge in [-0.15, -0.1) is 8.78 Å². The van der Waals surface area contributed by atoms with Crippen molar-refractivity contribution >= 4 is 5.78 Å². The average molecular weight is 497 g/mol. The second-order valence-electron chi connectivity index (χ2n) is 9.15. The summed E-state index contributed by atoms with van der Waals surface area (Å²) in [5.74, 6) is 0.414. The number of carbonyl (C=O) groups excluding carboxylic acids is 1.